The highest BCUT2D eigenvalue weighted by molar-refractivity contribution is 5.96. The van der Waals surface area contributed by atoms with Crippen LogP contribution in [0.25, 0.3) is 21.9 Å². The van der Waals surface area contributed by atoms with Gasteiger partial charge in [-0.3, -0.25) is 0 Å². The fourth-order valence-corrected chi connectivity index (χ4v) is 2.76. The van der Waals surface area contributed by atoms with Crippen LogP contribution in [-0.4, -0.2) is 47.4 Å². The van der Waals surface area contributed by atoms with E-state index in [-0.39, 0.29) is 6.04 Å². The van der Waals surface area contributed by atoms with Gasteiger partial charge < -0.3 is 15.4 Å². The number of benzene rings is 1. The molecule has 1 aromatic carbocycles. The van der Waals surface area contributed by atoms with Crippen LogP contribution in [0, 0.1) is 0 Å². The Labute approximate surface area is 129 Å². The number of methoxy groups -OCH3 is 1. The highest BCUT2D eigenvalue weighted by atomic mass is 16.5. The van der Waals surface area contributed by atoms with Crippen LogP contribution in [0.3, 0.4) is 0 Å². The first-order chi connectivity index (χ1) is 10.5. The van der Waals surface area contributed by atoms with Crippen LogP contribution in [0.4, 0.5) is 5.82 Å². The number of nitrogens with two attached hydrogens (primary N) is 1. The van der Waals surface area contributed by atoms with Crippen molar-refractivity contribution in [3.05, 3.63) is 24.3 Å². The second-order valence-corrected chi connectivity index (χ2v) is 5.86. The number of aromatic nitrogens is 3. The molecule has 2 N–H and O–H groups in total. The zero-order valence-corrected chi connectivity index (χ0v) is 13.4. The topological polar surface area (TPSA) is 69.2 Å². The molecular formula is C16H21N5O. The predicted molar refractivity (Wildman–Crippen MR) is 89.3 cm³/mol. The lowest BCUT2D eigenvalue weighted by molar-refractivity contribution is 0.327. The molecular weight excluding hydrogens is 278 g/mol. The molecule has 1 atom stereocenters. The number of hydrogen-bond donors (Lipinski definition) is 1. The lowest BCUT2D eigenvalue weighted by atomic mass is 10.2. The van der Waals surface area contributed by atoms with E-state index in [0.717, 1.165) is 34.2 Å². The second kappa shape index (κ2) is 5.46. The van der Waals surface area contributed by atoms with E-state index < -0.39 is 0 Å². The summed E-state index contributed by atoms with van der Waals surface area (Å²) in [6.45, 7) is 2.98. The Bertz CT molecular complexity index is 824. The number of rotatable bonds is 4. The fraction of sp³-hybridized carbons (Fsp3) is 0.375. The zero-order chi connectivity index (χ0) is 15.9. The van der Waals surface area contributed by atoms with Crippen molar-refractivity contribution in [1.82, 2.24) is 19.7 Å². The number of hydrogen-bond acceptors (Lipinski definition) is 5. The van der Waals surface area contributed by atoms with Crippen molar-refractivity contribution in [3.63, 3.8) is 0 Å². The summed E-state index contributed by atoms with van der Waals surface area (Å²) < 4.78 is 7.18. The first-order valence-corrected chi connectivity index (χ1v) is 7.27. The maximum Gasteiger partial charge on any atom is 0.160 e. The van der Waals surface area contributed by atoms with Crippen LogP contribution >= 0.6 is 0 Å². The highest BCUT2D eigenvalue weighted by Gasteiger charge is 2.16. The van der Waals surface area contributed by atoms with Gasteiger partial charge in [-0.1, -0.05) is 0 Å². The molecule has 0 bridgehead atoms. The fourth-order valence-electron chi connectivity index (χ4n) is 2.76. The van der Waals surface area contributed by atoms with Crippen LogP contribution in [0.2, 0.25) is 0 Å². The van der Waals surface area contributed by atoms with Crippen molar-refractivity contribution in [2.75, 3.05) is 33.5 Å². The minimum Gasteiger partial charge on any atom is -0.497 e. The lowest BCUT2D eigenvalue weighted by Crippen LogP contribution is -2.23. The van der Waals surface area contributed by atoms with Gasteiger partial charge in [-0.15, -0.1) is 0 Å². The van der Waals surface area contributed by atoms with Gasteiger partial charge in [-0.05, 0) is 39.2 Å². The van der Waals surface area contributed by atoms with E-state index in [4.69, 9.17) is 15.5 Å². The molecule has 22 heavy (non-hydrogen) atoms. The summed E-state index contributed by atoms with van der Waals surface area (Å²) in [5, 5.41) is 6.40. The molecule has 0 saturated carbocycles. The summed E-state index contributed by atoms with van der Waals surface area (Å²) >= 11 is 0. The van der Waals surface area contributed by atoms with E-state index in [2.05, 4.69) is 16.9 Å². The van der Waals surface area contributed by atoms with Gasteiger partial charge in [0, 0.05) is 18.0 Å². The van der Waals surface area contributed by atoms with Crippen molar-refractivity contribution in [2.24, 2.45) is 0 Å². The molecule has 0 radical (unpaired) electrons. The van der Waals surface area contributed by atoms with Crippen LogP contribution in [0.15, 0.2) is 24.3 Å². The van der Waals surface area contributed by atoms with E-state index in [1.807, 2.05) is 43.0 Å². The Morgan fingerprint density at radius 3 is 2.77 bits per heavy atom. The number of nitrogen functional groups attached to an aromatic ring is 1. The standard InChI is InChI=1S/C16H21N5O/c1-10(9-20(2)3)21-16-13(15(17)19-21)7-11-5-6-12(22-4)8-14(11)18-16/h5-8,10H,9H2,1-4H3,(H2,17,19). The summed E-state index contributed by atoms with van der Waals surface area (Å²) in [7, 11) is 5.74. The lowest BCUT2D eigenvalue weighted by Gasteiger charge is -2.17. The molecule has 6 heteroatoms. The van der Waals surface area contributed by atoms with Crippen molar-refractivity contribution >= 4 is 27.8 Å². The summed E-state index contributed by atoms with van der Waals surface area (Å²) in [5.74, 6) is 1.31. The zero-order valence-electron chi connectivity index (χ0n) is 13.4. The third-order valence-corrected chi connectivity index (χ3v) is 3.76. The van der Waals surface area contributed by atoms with Gasteiger partial charge in [0.2, 0.25) is 0 Å². The van der Waals surface area contributed by atoms with E-state index in [9.17, 15) is 0 Å². The minimum atomic E-state index is 0.186. The van der Waals surface area contributed by atoms with Gasteiger partial charge in [0.25, 0.3) is 0 Å². The molecule has 0 amide bonds. The molecule has 1 unspecified atom stereocenters. The molecule has 0 aliphatic carbocycles. The summed E-state index contributed by atoms with van der Waals surface area (Å²) in [4.78, 5) is 6.88. The third-order valence-electron chi connectivity index (χ3n) is 3.76. The van der Waals surface area contributed by atoms with Gasteiger partial charge in [-0.25, -0.2) is 9.67 Å². The SMILES string of the molecule is COc1ccc2cc3c(N)nn(C(C)CN(C)C)c3nc2c1. The van der Waals surface area contributed by atoms with Crippen molar-refractivity contribution < 1.29 is 4.74 Å². The Balaban J connectivity index is 2.19. The molecule has 0 saturated heterocycles. The number of pyridine rings is 1. The normalized spacial score (nSPS) is 13.1. The van der Waals surface area contributed by atoms with E-state index >= 15 is 0 Å². The van der Waals surface area contributed by atoms with Gasteiger partial charge in [0.15, 0.2) is 11.5 Å². The van der Waals surface area contributed by atoms with E-state index in [0.29, 0.717) is 5.82 Å². The summed E-state index contributed by atoms with van der Waals surface area (Å²) in [6.07, 6.45) is 0. The average Bonchev–Trinajstić information content (AvgIpc) is 2.80. The highest BCUT2D eigenvalue weighted by Crippen LogP contribution is 2.28. The Kier molecular flexibility index (Phi) is 3.62. The second-order valence-electron chi connectivity index (χ2n) is 5.86. The number of nitrogens with zero attached hydrogens (tertiary/aromatic N) is 4. The van der Waals surface area contributed by atoms with Crippen LogP contribution in [0.1, 0.15) is 13.0 Å². The predicted octanol–water partition coefficient (Wildman–Crippen LogP) is 2.30. The van der Waals surface area contributed by atoms with Crippen molar-refractivity contribution in [3.8, 4) is 5.75 Å². The van der Waals surface area contributed by atoms with E-state index in [1.54, 1.807) is 7.11 Å². The van der Waals surface area contributed by atoms with Gasteiger partial charge in [-0.2, -0.15) is 5.10 Å². The Morgan fingerprint density at radius 1 is 1.32 bits per heavy atom. The molecule has 2 heterocycles. The minimum absolute atomic E-state index is 0.186. The largest absolute Gasteiger partial charge is 0.497 e. The van der Waals surface area contributed by atoms with Crippen molar-refractivity contribution in [2.45, 2.75) is 13.0 Å². The van der Waals surface area contributed by atoms with Crippen LogP contribution in [-0.2, 0) is 0 Å². The molecule has 3 aromatic rings. The molecule has 6 nitrogen and oxygen atoms in total. The number of likely N-dealkylation sites (N-methyl/N-ethyl adjacent to an activating group) is 1. The molecule has 0 aliphatic rings. The number of fused-ring (bicyclic) bond motifs is 2. The Morgan fingerprint density at radius 2 is 2.09 bits per heavy atom. The maximum absolute atomic E-state index is 6.08. The van der Waals surface area contributed by atoms with Crippen LogP contribution in [0.5, 0.6) is 5.75 Å². The van der Waals surface area contributed by atoms with E-state index in [1.165, 1.54) is 0 Å². The molecule has 116 valence electrons. The quantitative estimate of drug-likeness (QED) is 0.800. The molecule has 0 fully saturated rings. The average molecular weight is 299 g/mol. The maximum atomic E-state index is 6.08. The smallest absolute Gasteiger partial charge is 0.160 e. The monoisotopic (exact) mass is 299 g/mol. The van der Waals surface area contributed by atoms with Gasteiger partial charge >= 0.3 is 0 Å². The third kappa shape index (κ3) is 2.46. The first kappa shape index (κ1) is 14.6. The number of anilines is 1. The van der Waals surface area contributed by atoms with Gasteiger partial charge in [0.1, 0.15) is 5.75 Å². The summed E-state index contributed by atoms with van der Waals surface area (Å²) in [6, 6.07) is 8.06. The molecule has 2 aromatic heterocycles. The molecule has 0 spiro atoms. The van der Waals surface area contributed by atoms with Crippen molar-refractivity contribution in [1.29, 1.82) is 0 Å². The number of ether oxygens (including phenoxy) is 1. The molecule has 3 rings (SSSR count). The molecule has 0 aliphatic heterocycles. The van der Waals surface area contributed by atoms with Crippen LogP contribution < -0.4 is 10.5 Å². The Hall–Kier alpha value is -2.34. The van der Waals surface area contributed by atoms with Gasteiger partial charge in [0.05, 0.1) is 24.1 Å². The summed E-state index contributed by atoms with van der Waals surface area (Å²) in [5.41, 5.74) is 7.77. The first-order valence-electron chi connectivity index (χ1n) is 7.27.